The van der Waals surface area contributed by atoms with E-state index in [0.717, 1.165) is 35.9 Å². The third-order valence-corrected chi connectivity index (χ3v) is 3.40. The minimum atomic E-state index is 0.811. The summed E-state index contributed by atoms with van der Waals surface area (Å²) in [5.41, 5.74) is 2.43. The van der Waals surface area contributed by atoms with Gasteiger partial charge in [-0.3, -0.25) is 0 Å². The summed E-state index contributed by atoms with van der Waals surface area (Å²) in [6, 6.07) is 14.0. The Morgan fingerprint density at radius 1 is 0.762 bits per heavy atom. The van der Waals surface area contributed by atoms with E-state index in [1.54, 1.807) is 21.3 Å². The van der Waals surface area contributed by atoms with E-state index in [4.69, 9.17) is 14.2 Å². The Morgan fingerprint density at radius 3 is 2.05 bits per heavy atom. The van der Waals surface area contributed by atoms with Crippen molar-refractivity contribution in [1.82, 2.24) is 0 Å². The highest BCUT2D eigenvalue weighted by Gasteiger charge is 2.06. The van der Waals surface area contributed by atoms with Crippen molar-refractivity contribution >= 4 is 0 Å². The number of ether oxygens (including phenoxy) is 3. The number of rotatable bonds is 7. The van der Waals surface area contributed by atoms with Crippen LogP contribution in [-0.4, -0.2) is 21.3 Å². The highest BCUT2D eigenvalue weighted by atomic mass is 16.5. The molecule has 21 heavy (non-hydrogen) atoms. The SMILES string of the molecule is COc1ccc(C[NH2+]Cc2ccc(OC)cc2OC)cc1. The number of nitrogens with two attached hydrogens (primary N) is 1. The number of hydrogen-bond donors (Lipinski definition) is 1. The molecule has 0 aliphatic heterocycles. The lowest BCUT2D eigenvalue weighted by atomic mass is 10.1. The molecule has 0 spiro atoms. The van der Waals surface area contributed by atoms with E-state index in [0.29, 0.717) is 0 Å². The van der Waals surface area contributed by atoms with E-state index in [2.05, 4.69) is 17.4 Å². The topological polar surface area (TPSA) is 44.3 Å². The molecule has 0 bridgehead atoms. The van der Waals surface area contributed by atoms with Gasteiger partial charge in [-0.25, -0.2) is 0 Å². The van der Waals surface area contributed by atoms with Crippen LogP contribution in [0.1, 0.15) is 11.1 Å². The molecule has 4 nitrogen and oxygen atoms in total. The van der Waals surface area contributed by atoms with Crippen LogP contribution < -0.4 is 19.5 Å². The van der Waals surface area contributed by atoms with Gasteiger partial charge in [0.25, 0.3) is 0 Å². The van der Waals surface area contributed by atoms with Gasteiger partial charge >= 0.3 is 0 Å². The molecule has 0 aliphatic rings. The number of hydrogen-bond acceptors (Lipinski definition) is 3. The average Bonchev–Trinajstić information content (AvgIpc) is 2.55. The molecule has 0 atom stereocenters. The first-order chi connectivity index (χ1) is 10.3. The van der Waals surface area contributed by atoms with E-state index in [9.17, 15) is 0 Å². The Hall–Kier alpha value is -2.20. The van der Waals surface area contributed by atoms with Gasteiger partial charge in [-0.15, -0.1) is 0 Å². The predicted octanol–water partition coefficient (Wildman–Crippen LogP) is 1.98. The molecule has 0 amide bonds. The van der Waals surface area contributed by atoms with Crippen LogP contribution in [0.4, 0.5) is 0 Å². The first-order valence-electron chi connectivity index (χ1n) is 6.92. The molecule has 0 radical (unpaired) electrons. The molecule has 0 aromatic heterocycles. The summed E-state index contributed by atoms with van der Waals surface area (Å²) < 4.78 is 15.8. The van der Waals surface area contributed by atoms with E-state index in [-0.39, 0.29) is 0 Å². The van der Waals surface area contributed by atoms with Crippen molar-refractivity contribution in [3.05, 3.63) is 53.6 Å². The smallest absolute Gasteiger partial charge is 0.131 e. The van der Waals surface area contributed by atoms with Crippen molar-refractivity contribution in [3.8, 4) is 17.2 Å². The van der Waals surface area contributed by atoms with Crippen molar-refractivity contribution in [2.24, 2.45) is 0 Å². The zero-order chi connectivity index (χ0) is 15.1. The lowest BCUT2D eigenvalue weighted by Crippen LogP contribution is -2.80. The molecule has 2 N–H and O–H groups in total. The summed E-state index contributed by atoms with van der Waals surface area (Å²) in [5.74, 6) is 2.56. The van der Waals surface area contributed by atoms with Crippen LogP contribution in [0.15, 0.2) is 42.5 Å². The second kappa shape index (κ2) is 7.55. The Morgan fingerprint density at radius 2 is 1.43 bits per heavy atom. The van der Waals surface area contributed by atoms with Crippen LogP contribution in [0.2, 0.25) is 0 Å². The van der Waals surface area contributed by atoms with Crippen LogP contribution in [0.5, 0.6) is 17.2 Å². The molecule has 0 saturated carbocycles. The Labute approximate surface area is 125 Å². The molecular weight excluding hydrogens is 266 g/mol. The van der Waals surface area contributed by atoms with Crippen LogP contribution in [0, 0.1) is 0 Å². The molecule has 112 valence electrons. The monoisotopic (exact) mass is 288 g/mol. The molecule has 0 fully saturated rings. The zero-order valence-corrected chi connectivity index (χ0v) is 12.8. The van der Waals surface area contributed by atoms with E-state index in [1.165, 1.54) is 5.56 Å². The fourth-order valence-electron chi connectivity index (χ4n) is 2.18. The maximum absolute atomic E-state index is 5.40. The largest absolute Gasteiger partial charge is 0.497 e. The minimum Gasteiger partial charge on any atom is -0.497 e. The van der Waals surface area contributed by atoms with Crippen LogP contribution >= 0.6 is 0 Å². The number of quaternary nitrogens is 1. The van der Waals surface area contributed by atoms with Crippen LogP contribution in [0.3, 0.4) is 0 Å². The highest BCUT2D eigenvalue weighted by Crippen LogP contribution is 2.23. The van der Waals surface area contributed by atoms with Gasteiger partial charge in [0.15, 0.2) is 0 Å². The van der Waals surface area contributed by atoms with Crippen molar-refractivity contribution in [2.75, 3.05) is 21.3 Å². The average molecular weight is 288 g/mol. The molecular formula is C17H22NO3+. The Kier molecular flexibility index (Phi) is 5.46. The molecule has 2 aromatic rings. The summed E-state index contributed by atoms with van der Waals surface area (Å²) >= 11 is 0. The van der Waals surface area contributed by atoms with Crippen molar-refractivity contribution in [3.63, 3.8) is 0 Å². The van der Waals surface area contributed by atoms with Gasteiger partial charge in [0.2, 0.25) is 0 Å². The number of benzene rings is 2. The van der Waals surface area contributed by atoms with Gasteiger partial charge in [-0.05, 0) is 36.4 Å². The minimum absolute atomic E-state index is 0.811. The summed E-state index contributed by atoms with van der Waals surface area (Å²) in [6.45, 7) is 1.78. The van der Waals surface area contributed by atoms with Crippen LogP contribution in [0.25, 0.3) is 0 Å². The fourth-order valence-corrected chi connectivity index (χ4v) is 2.18. The van der Waals surface area contributed by atoms with Crippen LogP contribution in [-0.2, 0) is 13.1 Å². The summed E-state index contributed by atoms with van der Waals surface area (Å²) in [5, 5.41) is 2.24. The molecule has 2 aromatic carbocycles. The fraction of sp³-hybridized carbons (Fsp3) is 0.294. The van der Waals surface area contributed by atoms with Crippen molar-refractivity contribution in [2.45, 2.75) is 13.1 Å². The maximum atomic E-state index is 5.40. The van der Waals surface area contributed by atoms with E-state index in [1.807, 2.05) is 30.3 Å². The lowest BCUT2D eigenvalue weighted by molar-refractivity contribution is -0.686. The maximum Gasteiger partial charge on any atom is 0.131 e. The van der Waals surface area contributed by atoms with Crippen molar-refractivity contribution < 1.29 is 19.5 Å². The second-order valence-corrected chi connectivity index (χ2v) is 4.72. The Bertz CT molecular complexity index is 567. The zero-order valence-electron chi connectivity index (χ0n) is 12.8. The third-order valence-electron chi connectivity index (χ3n) is 3.40. The standard InChI is InChI=1S/C17H21NO3/c1-19-15-7-4-13(5-8-15)11-18-12-14-6-9-16(20-2)10-17(14)21-3/h4-10,18H,11-12H2,1-3H3/p+1. The quantitative estimate of drug-likeness (QED) is 0.847. The normalized spacial score (nSPS) is 10.2. The Balaban J connectivity index is 1.93. The van der Waals surface area contributed by atoms with Gasteiger partial charge in [0, 0.05) is 17.2 Å². The third kappa shape index (κ3) is 4.13. The lowest BCUT2D eigenvalue weighted by Gasteiger charge is -2.09. The molecule has 2 rings (SSSR count). The van der Waals surface area contributed by atoms with Gasteiger partial charge < -0.3 is 19.5 Å². The molecule has 0 aliphatic carbocycles. The van der Waals surface area contributed by atoms with Gasteiger partial charge in [0.05, 0.1) is 21.3 Å². The summed E-state index contributed by atoms with van der Waals surface area (Å²) in [7, 11) is 5.02. The molecule has 0 unspecified atom stereocenters. The predicted molar refractivity (Wildman–Crippen MR) is 81.9 cm³/mol. The van der Waals surface area contributed by atoms with Gasteiger partial charge in [-0.2, -0.15) is 0 Å². The molecule has 4 heteroatoms. The number of methoxy groups -OCH3 is 3. The van der Waals surface area contributed by atoms with E-state index >= 15 is 0 Å². The second-order valence-electron chi connectivity index (χ2n) is 4.72. The first-order valence-corrected chi connectivity index (χ1v) is 6.92. The molecule has 0 heterocycles. The van der Waals surface area contributed by atoms with Crippen molar-refractivity contribution in [1.29, 1.82) is 0 Å². The van der Waals surface area contributed by atoms with Gasteiger partial charge in [-0.1, -0.05) is 0 Å². The summed E-state index contributed by atoms with van der Waals surface area (Å²) in [4.78, 5) is 0. The van der Waals surface area contributed by atoms with E-state index < -0.39 is 0 Å². The summed E-state index contributed by atoms with van der Waals surface area (Å²) in [6.07, 6.45) is 0. The first kappa shape index (κ1) is 15.2. The highest BCUT2D eigenvalue weighted by molar-refractivity contribution is 5.40. The van der Waals surface area contributed by atoms with Gasteiger partial charge in [0.1, 0.15) is 30.3 Å². The molecule has 0 saturated heterocycles.